The van der Waals surface area contributed by atoms with Gasteiger partial charge in [0.1, 0.15) is 0 Å². The second kappa shape index (κ2) is 7.03. The highest BCUT2D eigenvalue weighted by molar-refractivity contribution is 7.09. The molecule has 2 aromatic heterocycles. The van der Waals surface area contributed by atoms with Crippen molar-refractivity contribution in [3.8, 4) is 0 Å². The van der Waals surface area contributed by atoms with Gasteiger partial charge in [0.05, 0.1) is 12.6 Å². The molecule has 1 aliphatic carbocycles. The van der Waals surface area contributed by atoms with E-state index in [9.17, 15) is 4.79 Å². The summed E-state index contributed by atoms with van der Waals surface area (Å²) in [5.74, 6) is 0.713. The van der Waals surface area contributed by atoms with Gasteiger partial charge in [-0.25, -0.2) is 0 Å². The van der Waals surface area contributed by atoms with Crippen molar-refractivity contribution in [2.45, 2.75) is 37.8 Å². The monoisotopic (exact) mass is 342 g/mol. The molecule has 0 spiro atoms. The van der Waals surface area contributed by atoms with E-state index in [1.54, 1.807) is 17.5 Å². The van der Waals surface area contributed by atoms with Crippen molar-refractivity contribution in [1.82, 2.24) is 9.88 Å². The van der Waals surface area contributed by atoms with Gasteiger partial charge in [0, 0.05) is 36.3 Å². The van der Waals surface area contributed by atoms with Gasteiger partial charge in [-0.3, -0.25) is 9.78 Å². The Balaban J connectivity index is 1.44. The van der Waals surface area contributed by atoms with Crippen molar-refractivity contribution in [3.63, 3.8) is 0 Å². The van der Waals surface area contributed by atoms with Gasteiger partial charge in [0.15, 0.2) is 0 Å². The molecule has 3 atom stereocenters. The third-order valence-corrected chi connectivity index (χ3v) is 5.77. The molecule has 0 N–H and O–H groups in total. The van der Waals surface area contributed by atoms with Crippen LogP contribution in [-0.4, -0.2) is 35.0 Å². The zero-order valence-corrected chi connectivity index (χ0v) is 14.5. The number of amides is 1. The Morgan fingerprint density at radius 1 is 1.38 bits per heavy atom. The molecule has 0 radical (unpaired) electrons. The predicted octanol–water partition coefficient (Wildman–Crippen LogP) is 3.45. The SMILES string of the molecule is O=C([C@@H]1C[C@H]1c1cccnc1)N(Cc1cccs1)C[C@@H]1CCCO1. The molecule has 0 aromatic carbocycles. The standard InChI is InChI=1S/C19H22N2O2S/c22-19(18-10-17(18)14-4-1-7-20-11-14)21(12-15-5-2-8-23-15)13-16-6-3-9-24-16/h1,3-4,6-7,9,11,15,17-18H,2,5,8,10,12-13H2/t15-,17-,18+/m0/s1. The Morgan fingerprint density at radius 3 is 3.04 bits per heavy atom. The normalized spacial score (nSPS) is 25.6. The molecule has 2 aromatic rings. The van der Waals surface area contributed by atoms with Gasteiger partial charge in [-0.05, 0) is 48.3 Å². The quantitative estimate of drug-likeness (QED) is 0.807. The van der Waals surface area contributed by atoms with Crippen LogP contribution >= 0.6 is 11.3 Å². The van der Waals surface area contributed by atoms with Gasteiger partial charge < -0.3 is 9.64 Å². The number of hydrogen-bond acceptors (Lipinski definition) is 4. The van der Waals surface area contributed by atoms with E-state index in [-0.39, 0.29) is 17.9 Å². The van der Waals surface area contributed by atoms with Gasteiger partial charge in [0.2, 0.25) is 5.91 Å². The van der Waals surface area contributed by atoms with Crippen LogP contribution < -0.4 is 0 Å². The van der Waals surface area contributed by atoms with E-state index in [2.05, 4.69) is 22.5 Å². The highest BCUT2D eigenvalue weighted by Crippen LogP contribution is 2.48. The van der Waals surface area contributed by atoms with Gasteiger partial charge in [-0.2, -0.15) is 0 Å². The van der Waals surface area contributed by atoms with Crippen molar-refractivity contribution >= 4 is 17.2 Å². The number of carbonyl (C=O) groups is 1. The fraction of sp³-hybridized carbons (Fsp3) is 0.474. The molecule has 1 saturated heterocycles. The van der Waals surface area contributed by atoms with Crippen molar-refractivity contribution < 1.29 is 9.53 Å². The molecule has 1 aliphatic heterocycles. The van der Waals surface area contributed by atoms with Gasteiger partial charge in [0.25, 0.3) is 0 Å². The van der Waals surface area contributed by atoms with Crippen molar-refractivity contribution in [2.75, 3.05) is 13.2 Å². The van der Waals surface area contributed by atoms with Crippen molar-refractivity contribution in [2.24, 2.45) is 5.92 Å². The van der Waals surface area contributed by atoms with E-state index in [1.165, 1.54) is 10.4 Å². The summed E-state index contributed by atoms with van der Waals surface area (Å²) in [7, 11) is 0. The molecule has 1 amide bonds. The number of ether oxygens (including phenoxy) is 1. The number of hydrogen-bond donors (Lipinski definition) is 0. The van der Waals surface area contributed by atoms with E-state index in [4.69, 9.17) is 4.74 Å². The third kappa shape index (κ3) is 3.52. The number of rotatable bonds is 6. The molecule has 3 heterocycles. The lowest BCUT2D eigenvalue weighted by Crippen LogP contribution is -2.37. The van der Waals surface area contributed by atoms with Crippen LogP contribution in [0.2, 0.25) is 0 Å². The molecule has 0 bridgehead atoms. The van der Waals surface area contributed by atoms with E-state index < -0.39 is 0 Å². The van der Waals surface area contributed by atoms with Crippen LogP contribution in [0.25, 0.3) is 0 Å². The Labute approximate surface area is 146 Å². The molecule has 2 fully saturated rings. The molecule has 4 rings (SSSR count). The Morgan fingerprint density at radius 2 is 2.33 bits per heavy atom. The summed E-state index contributed by atoms with van der Waals surface area (Å²) in [6, 6.07) is 8.18. The maximum atomic E-state index is 13.1. The molecule has 24 heavy (non-hydrogen) atoms. The van der Waals surface area contributed by atoms with Crippen LogP contribution in [0.4, 0.5) is 0 Å². The number of aromatic nitrogens is 1. The lowest BCUT2D eigenvalue weighted by Gasteiger charge is -2.25. The Hall–Kier alpha value is -1.72. The first kappa shape index (κ1) is 15.8. The average molecular weight is 342 g/mol. The first-order valence-electron chi connectivity index (χ1n) is 8.64. The number of pyridine rings is 1. The fourth-order valence-electron chi connectivity index (χ4n) is 3.52. The van der Waals surface area contributed by atoms with Gasteiger partial charge in [-0.15, -0.1) is 11.3 Å². The third-order valence-electron chi connectivity index (χ3n) is 4.91. The Kier molecular flexibility index (Phi) is 4.63. The summed E-state index contributed by atoms with van der Waals surface area (Å²) in [4.78, 5) is 20.5. The average Bonchev–Trinajstić information content (AvgIpc) is 2.98. The van der Waals surface area contributed by atoms with Crippen LogP contribution in [0, 0.1) is 5.92 Å². The number of carbonyl (C=O) groups excluding carboxylic acids is 1. The number of thiophene rings is 1. The lowest BCUT2D eigenvalue weighted by atomic mass is 10.1. The van der Waals surface area contributed by atoms with E-state index >= 15 is 0 Å². The lowest BCUT2D eigenvalue weighted by molar-refractivity contribution is -0.134. The fourth-order valence-corrected chi connectivity index (χ4v) is 4.24. The second-order valence-corrected chi connectivity index (χ2v) is 7.70. The van der Waals surface area contributed by atoms with Crippen LogP contribution in [0.3, 0.4) is 0 Å². The van der Waals surface area contributed by atoms with Crippen molar-refractivity contribution in [3.05, 3.63) is 52.5 Å². The minimum absolute atomic E-state index is 0.107. The topological polar surface area (TPSA) is 42.4 Å². The minimum atomic E-state index is 0.107. The molecule has 5 heteroatoms. The molecular weight excluding hydrogens is 320 g/mol. The van der Waals surface area contributed by atoms with Crippen LogP contribution in [0.5, 0.6) is 0 Å². The zero-order chi connectivity index (χ0) is 16.4. The summed E-state index contributed by atoms with van der Waals surface area (Å²) in [6.45, 7) is 2.24. The molecule has 126 valence electrons. The summed E-state index contributed by atoms with van der Waals surface area (Å²) >= 11 is 1.71. The molecule has 0 unspecified atom stereocenters. The molecule has 4 nitrogen and oxygen atoms in total. The van der Waals surface area contributed by atoms with Crippen LogP contribution in [0.15, 0.2) is 42.0 Å². The van der Waals surface area contributed by atoms with Gasteiger partial charge >= 0.3 is 0 Å². The molecule has 1 saturated carbocycles. The van der Waals surface area contributed by atoms with E-state index in [0.29, 0.717) is 19.0 Å². The zero-order valence-electron chi connectivity index (χ0n) is 13.6. The maximum Gasteiger partial charge on any atom is 0.226 e. The first-order valence-corrected chi connectivity index (χ1v) is 9.52. The Bertz CT molecular complexity index is 668. The second-order valence-electron chi connectivity index (χ2n) is 6.67. The summed E-state index contributed by atoms with van der Waals surface area (Å²) < 4.78 is 5.76. The maximum absolute atomic E-state index is 13.1. The number of nitrogens with zero attached hydrogens (tertiary/aromatic N) is 2. The highest BCUT2D eigenvalue weighted by Gasteiger charge is 2.46. The largest absolute Gasteiger partial charge is 0.376 e. The minimum Gasteiger partial charge on any atom is -0.376 e. The highest BCUT2D eigenvalue weighted by atomic mass is 32.1. The summed E-state index contributed by atoms with van der Waals surface area (Å²) in [5, 5.41) is 2.07. The molecular formula is C19H22N2O2S. The van der Waals surface area contributed by atoms with Crippen molar-refractivity contribution in [1.29, 1.82) is 0 Å². The van der Waals surface area contributed by atoms with Crippen LogP contribution in [0.1, 0.15) is 35.6 Å². The molecule has 2 aliphatic rings. The predicted molar refractivity (Wildman–Crippen MR) is 93.8 cm³/mol. The first-order chi connectivity index (χ1) is 11.8. The van der Waals surface area contributed by atoms with E-state index in [0.717, 1.165) is 25.9 Å². The van der Waals surface area contributed by atoms with E-state index in [1.807, 2.05) is 23.2 Å². The summed E-state index contributed by atoms with van der Waals surface area (Å²) in [5.41, 5.74) is 1.18. The van der Waals surface area contributed by atoms with Crippen LogP contribution in [-0.2, 0) is 16.1 Å². The summed E-state index contributed by atoms with van der Waals surface area (Å²) in [6.07, 6.45) is 6.98. The van der Waals surface area contributed by atoms with Gasteiger partial charge in [-0.1, -0.05) is 12.1 Å². The smallest absolute Gasteiger partial charge is 0.226 e.